The molecule has 0 spiro atoms. The standard InChI is InChI=1S/C30H59N/c1-28(2)22-20-24-30(4)26-21-25-29(3)23-18-16-14-12-10-8-6-5-7-9-11-13-15-17-19-27-31/h28-30H,5-26H2,1-4H3. The van der Waals surface area contributed by atoms with Gasteiger partial charge in [0.25, 0.3) is 0 Å². The van der Waals surface area contributed by atoms with E-state index in [0.29, 0.717) is 0 Å². The number of unbranched alkanes of at least 4 members (excludes halogenated alkanes) is 14. The molecule has 0 aromatic heterocycles. The van der Waals surface area contributed by atoms with Gasteiger partial charge in [-0.25, -0.2) is 0 Å². The molecule has 0 aromatic rings. The summed E-state index contributed by atoms with van der Waals surface area (Å²) >= 11 is 0. The van der Waals surface area contributed by atoms with Gasteiger partial charge >= 0.3 is 0 Å². The summed E-state index contributed by atoms with van der Waals surface area (Å²) in [6.45, 7) is 9.64. The Morgan fingerprint density at radius 2 is 0.742 bits per heavy atom. The van der Waals surface area contributed by atoms with Crippen LogP contribution in [-0.4, -0.2) is 0 Å². The van der Waals surface area contributed by atoms with Crippen LogP contribution < -0.4 is 0 Å². The fraction of sp³-hybridized carbons (Fsp3) is 0.967. The maximum Gasteiger partial charge on any atom is 0.0621 e. The summed E-state index contributed by atoms with van der Waals surface area (Å²) < 4.78 is 0. The van der Waals surface area contributed by atoms with Crippen LogP contribution in [0.5, 0.6) is 0 Å². The second-order valence-corrected chi connectivity index (χ2v) is 11.1. The first-order valence-corrected chi connectivity index (χ1v) is 14.4. The molecule has 2 unspecified atom stereocenters. The molecule has 0 fully saturated rings. The summed E-state index contributed by atoms with van der Waals surface area (Å²) in [6, 6.07) is 2.24. The Morgan fingerprint density at radius 3 is 1.13 bits per heavy atom. The minimum absolute atomic E-state index is 0.747. The van der Waals surface area contributed by atoms with Gasteiger partial charge in [0, 0.05) is 6.42 Å². The minimum Gasteiger partial charge on any atom is -0.198 e. The highest BCUT2D eigenvalue weighted by Crippen LogP contribution is 2.22. The lowest BCUT2D eigenvalue weighted by molar-refractivity contribution is 0.385. The van der Waals surface area contributed by atoms with Crippen LogP contribution >= 0.6 is 0 Å². The predicted molar refractivity (Wildman–Crippen MR) is 140 cm³/mol. The van der Waals surface area contributed by atoms with Gasteiger partial charge in [0.2, 0.25) is 0 Å². The third kappa shape index (κ3) is 25.6. The van der Waals surface area contributed by atoms with Crippen molar-refractivity contribution in [1.82, 2.24) is 0 Å². The van der Waals surface area contributed by atoms with Gasteiger partial charge in [0.05, 0.1) is 6.07 Å². The fourth-order valence-electron chi connectivity index (χ4n) is 4.80. The summed E-state index contributed by atoms with van der Waals surface area (Å²) in [5, 5.41) is 8.52. The fourth-order valence-corrected chi connectivity index (χ4v) is 4.80. The molecule has 0 aliphatic heterocycles. The van der Waals surface area contributed by atoms with Crippen LogP contribution in [0.4, 0.5) is 0 Å². The average Bonchev–Trinajstić information content (AvgIpc) is 2.73. The topological polar surface area (TPSA) is 23.8 Å². The van der Waals surface area contributed by atoms with Crippen molar-refractivity contribution in [3.05, 3.63) is 0 Å². The van der Waals surface area contributed by atoms with Gasteiger partial charge in [-0.05, 0) is 24.2 Å². The minimum atomic E-state index is 0.747. The van der Waals surface area contributed by atoms with Crippen LogP contribution in [0.1, 0.15) is 169 Å². The van der Waals surface area contributed by atoms with E-state index in [2.05, 4.69) is 33.8 Å². The molecule has 0 N–H and O–H groups in total. The van der Waals surface area contributed by atoms with E-state index in [1.54, 1.807) is 0 Å². The highest BCUT2D eigenvalue weighted by atomic mass is 14.2. The molecule has 184 valence electrons. The molecule has 0 bridgehead atoms. The van der Waals surface area contributed by atoms with Gasteiger partial charge in [-0.2, -0.15) is 5.26 Å². The van der Waals surface area contributed by atoms with Crippen LogP contribution in [0.3, 0.4) is 0 Å². The van der Waals surface area contributed by atoms with E-state index in [9.17, 15) is 0 Å². The van der Waals surface area contributed by atoms with Crippen molar-refractivity contribution in [1.29, 1.82) is 5.26 Å². The van der Waals surface area contributed by atoms with Gasteiger partial charge in [-0.3, -0.25) is 0 Å². The Hall–Kier alpha value is -0.510. The van der Waals surface area contributed by atoms with Gasteiger partial charge < -0.3 is 0 Å². The van der Waals surface area contributed by atoms with Crippen molar-refractivity contribution < 1.29 is 0 Å². The Kier molecular flexibility index (Phi) is 23.7. The molecule has 0 saturated heterocycles. The zero-order valence-corrected chi connectivity index (χ0v) is 22.2. The molecule has 0 heterocycles. The smallest absolute Gasteiger partial charge is 0.0621 e. The Balaban J connectivity index is 3.23. The van der Waals surface area contributed by atoms with Crippen LogP contribution in [0.25, 0.3) is 0 Å². The molecule has 0 saturated carbocycles. The lowest BCUT2D eigenvalue weighted by Crippen LogP contribution is -2.00. The molecule has 0 aromatic carbocycles. The molecule has 0 amide bonds. The third-order valence-corrected chi connectivity index (χ3v) is 7.11. The number of rotatable bonds is 24. The van der Waals surface area contributed by atoms with E-state index >= 15 is 0 Å². The van der Waals surface area contributed by atoms with E-state index in [0.717, 1.165) is 30.6 Å². The first kappa shape index (κ1) is 30.5. The van der Waals surface area contributed by atoms with Crippen molar-refractivity contribution in [2.24, 2.45) is 17.8 Å². The zero-order valence-electron chi connectivity index (χ0n) is 22.2. The van der Waals surface area contributed by atoms with Crippen molar-refractivity contribution in [3.8, 4) is 6.07 Å². The summed E-state index contributed by atoms with van der Waals surface area (Å²) in [5.74, 6) is 2.75. The van der Waals surface area contributed by atoms with E-state index in [4.69, 9.17) is 5.26 Å². The van der Waals surface area contributed by atoms with Gasteiger partial charge in [0.1, 0.15) is 0 Å². The molecule has 1 nitrogen and oxygen atoms in total. The SMILES string of the molecule is CC(C)CCCC(C)CCCC(C)CCCCCCCCCCCCCCCCC#N. The molecule has 2 atom stereocenters. The first-order valence-electron chi connectivity index (χ1n) is 14.4. The first-order chi connectivity index (χ1) is 15.1. The molecule has 1 heteroatoms. The number of nitrogens with zero attached hydrogens (tertiary/aromatic N) is 1. The second-order valence-electron chi connectivity index (χ2n) is 11.1. The van der Waals surface area contributed by atoms with Crippen molar-refractivity contribution in [3.63, 3.8) is 0 Å². The molecule has 0 radical (unpaired) electrons. The van der Waals surface area contributed by atoms with Gasteiger partial charge in [-0.15, -0.1) is 0 Å². The lowest BCUT2D eigenvalue weighted by atomic mass is 9.91. The maximum atomic E-state index is 8.52. The summed E-state index contributed by atoms with van der Waals surface area (Å²) in [5.41, 5.74) is 0. The van der Waals surface area contributed by atoms with Crippen molar-refractivity contribution in [2.75, 3.05) is 0 Å². The molecule has 31 heavy (non-hydrogen) atoms. The van der Waals surface area contributed by atoms with Crippen LogP contribution in [-0.2, 0) is 0 Å². The lowest BCUT2D eigenvalue weighted by Gasteiger charge is -2.15. The van der Waals surface area contributed by atoms with Crippen molar-refractivity contribution >= 4 is 0 Å². The summed E-state index contributed by atoms with van der Waals surface area (Å²) in [4.78, 5) is 0. The predicted octanol–water partition coefficient (Wildman–Crippen LogP) is 11.0. The van der Waals surface area contributed by atoms with Crippen molar-refractivity contribution in [2.45, 2.75) is 169 Å². The largest absolute Gasteiger partial charge is 0.198 e. The molecular weight excluding hydrogens is 374 g/mol. The zero-order chi connectivity index (χ0) is 23.0. The highest BCUT2D eigenvalue weighted by Gasteiger charge is 2.06. The monoisotopic (exact) mass is 433 g/mol. The number of hydrogen-bond donors (Lipinski definition) is 0. The molecular formula is C30H59N. The summed E-state index contributed by atoms with van der Waals surface area (Å²) in [6.07, 6.45) is 30.4. The van der Waals surface area contributed by atoms with E-state index in [1.165, 1.54) is 128 Å². The van der Waals surface area contributed by atoms with Crippen LogP contribution in [0.2, 0.25) is 0 Å². The Labute approximate surface area is 198 Å². The van der Waals surface area contributed by atoms with E-state index in [1.807, 2.05) is 0 Å². The second kappa shape index (κ2) is 24.1. The quantitative estimate of drug-likeness (QED) is 0.139. The molecule has 0 aliphatic carbocycles. The Bertz CT molecular complexity index is 380. The summed E-state index contributed by atoms with van der Waals surface area (Å²) in [7, 11) is 0. The maximum absolute atomic E-state index is 8.52. The molecule has 0 aliphatic rings. The highest BCUT2D eigenvalue weighted by molar-refractivity contribution is 4.67. The Morgan fingerprint density at radius 1 is 0.419 bits per heavy atom. The molecule has 0 rings (SSSR count). The van der Waals surface area contributed by atoms with Crippen LogP contribution in [0.15, 0.2) is 0 Å². The number of nitriles is 1. The van der Waals surface area contributed by atoms with E-state index in [-0.39, 0.29) is 0 Å². The van der Waals surface area contributed by atoms with E-state index < -0.39 is 0 Å². The number of hydrogen-bond acceptors (Lipinski definition) is 1. The average molecular weight is 434 g/mol. The van der Waals surface area contributed by atoms with Crippen LogP contribution in [0, 0.1) is 29.1 Å². The van der Waals surface area contributed by atoms with Gasteiger partial charge in [-0.1, -0.05) is 156 Å². The van der Waals surface area contributed by atoms with Gasteiger partial charge in [0.15, 0.2) is 0 Å². The third-order valence-electron chi connectivity index (χ3n) is 7.11. The normalized spacial score (nSPS) is 13.4.